The van der Waals surface area contributed by atoms with Gasteiger partial charge in [-0.1, -0.05) is 47.5 Å². The second-order valence-corrected chi connectivity index (χ2v) is 5.58. The van der Waals surface area contributed by atoms with Gasteiger partial charge in [-0.05, 0) is 48.2 Å². The summed E-state index contributed by atoms with van der Waals surface area (Å²) in [6.07, 6.45) is 0.894. The molecule has 0 aromatic heterocycles. The number of aliphatic carboxylic acids is 1. The molecule has 0 unspecified atom stereocenters. The molecule has 2 aromatic rings. The fraction of sp³-hybridized carbons (Fsp3) is 0.188. The predicted octanol–water partition coefficient (Wildman–Crippen LogP) is 4.48. The summed E-state index contributed by atoms with van der Waals surface area (Å²) in [5, 5.41) is 10.6. The van der Waals surface area contributed by atoms with Crippen LogP contribution < -0.4 is 0 Å². The molecule has 0 spiro atoms. The molecule has 0 bridgehead atoms. The van der Waals surface area contributed by atoms with Crippen molar-refractivity contribution in [3.63, 3.8) is 0 Å². The molecule has 0 saturated heterocycles. The normalized spacial score (nSPS) is 10.8. The van der Waals surface area contributed by atoms with Gasteiger partial charge in [0.15, 0.2) is 0 Å². The highest BCUT2D eigenvalue weighted by atomic mass is 35.5. The third-order valence-electron chi connectivity index (χ3n) is 3.09. The van der Waals surface area contributed by atoms with Crippen molar-refractivity contribution < 1.29 is 9.90 Å². The zero-order chi connectivity index (χ0) is 14.5. The van der Waals surface area contributed by atoms with Gasteiger partial charge in [-0.25, -0.2) is 0 Å². The average molecular weight is 309 g/mol. The minimum Gasteiger partial charge on any atom is -0.481 e. The van der Waals surface area contributed by atoms with E-state index in [-0.39, 0.29) is 0 Å². The molecule has 0 fully saturated rings. The van der Waals surface area contributed by atoms with Crippen LogP contribution in [-0.4, -0.2) is 11.1 Å². The Morgan fingerprint density at radius 1 is 0.950 bits per heavy atom. The first-order chi connectivity index (χ1) is 9.54. The molecule has 4 heteroatoms. The van der Waals surface area contributed by atoms with Gasteiger partial charge in [-0.2, -0.15) is 0 Å². The van der Waals surface area contributed by atoms with Gasteiger partial charge in [0, 0.05) is 10.0 Å². The Morgan fingerprint density at radius 3 is 1.75 bits per heavy atom. The van der Waals surface area contributed by atoms with Gasteiger partial charge in [0.1, 0.15) is 0 Å². The number of carbonyl (C=O) groups is 1. The van der Waals surface area contributed by atoms with Crippen LogP contribution in [0.5, 0.6) is 0 Å². The number of carboxylic acid groups (broad SMARTS) is 1. The van der Waals surface area contributed by atoms with Crippen molar-refractivity contribution in [2.45, 2.75) is 12.8 Å². The maximum atomic E-state index is 11.4. The van der Waals surface area contributed by atoms with Crippen LogP contribution in [0.3, 0.4) is 0 Å². The van der Waals surface area contributed by atoms with Crippen LogP contribution in [0.15, 0.2) is 48.5 Å². The average Bonchev–Trinajstić information content (AvgIpc) is 2.38. The minimum atomic E-state index is -0.815. The van der Waals surface area contributed by atoms with E-state index in [1.54, 1.807) is 24.3 Å². The van der Waals surface area contributed by atoms with Gasteiger partial charge in [-0.3, -0.25) is 4.79 Å². The Kier molecular flexibility index (Phi) is 5.05. The van der Waals surface area contributed by atoms with Crippen LogP contribution >= 0.6 is 23.2 Å². The van der Waals surface area contributed by atoms with E-state index in [0.29, 0.717) is 22.9 Å². The van der Waals surface area contributed by atoms with E-state index in [4.69, 9.17) is 23.2 Å². The summed E-state index contributed by atoms with van der Waals surface area (Å²) < 4.78 is 0. The van der Waals surface area contributed by atoms with Crippen LogP contribution in [0, 0.1) is 5.92 Å². The molecule has 2 rings (SSSR count). The lowest BCUT2D eigenvalue weighted by Crippen LogP contribution is -2.19. The van der Waals surface area contributed by atoms with E-state index >= 15 is 0 Å². The summed E-state index contributed by atoms with van der Waals surface area (Å²) in [6.45, 7) is 0. The number of hydrogen-bond acceptors (Lipinski definition) is 1. The first kappa shape index (κ1) is 14.9. The Hall–Kier alpha value is -1.51. The van der Waals surface area contributed by atoms with Crippen molar-refractivity contribution in [2.75, 3.05) is 0 Å². The molecule has 0 saturated carbocycles. The summed E-state index contributed by atoms with van der Waals surface area (Å²) in [4.78, 5) is 11.4. The van der Waals surface area contributed by atoms with Crippen LogP contribution in [0.25, 0.3) is 0 Å². The maximum Gasteiger partial charge on any atom is 0.307 e. The van der Waals surface area contributed by atoms with Gasteiger partial charge in [-0.15, -0.1) is 0 Å². The Morgan fingerprint density at radius 2 is 1.40 bits per heavy atom. The van der Waals surface area contributed by atoms with Gasteiger partial charge >= 0.3 is 5.97 Å². The molecule has 0 amide bonds. The van der Waals surface area contributed by atoms with E-state index in [1.807, 2.05) is 24.3 Å². The summed E-state index contributed by atoms with van der Waals surface area (Å²) in [7, 11) is 0. The maximum absolute atomic E-state index is 11.4. The second-order valence-electron chi connectivity index (χ2n) is 4.70. The molecule has 0 aliphatic heterocycles. The first-order valence-electron chi connectivity index (χ1n) is 6.26. The van der Waals surface area contributed by atoms with Crippen molar-refractivity contribution in [2.24, 2.45) is 5.92 Å². The second kappa shape index (κ2) is 6.78. The molecule has 0 aliphatic carbocycles. The molecule has 2 aromatic carbocycles. The lowest BCUT2D eigenvalue weighted by molar-refractivity contribution is -0.141. The highest BCUT2D eigenvalue weighted by Gasteiger charge is 2.18. The number of halogens is 2. The fourth-order valence-corrected chi connectivity index (χ4v) is 2.57. The fourth-order valence-electron chi connectivity index (χ4n) is 2.14. The number of benzene rings is 2. The van der Waals surface area contributed by atoms with E-state index in [2.05, 4.69) is 0 Å². The van der Waals surface area contributed by atoms with Crippen LogP contribution in [0.4, 0.5) is 0 Å². The predicted molar refractivity (Wildman–Crippen MR) is 81.4 cm³/mol. The van der Waals surface area contributed by atoms with Crippen molar-refractivity contribution in [1.82, 2.24) is 0 Å². The van der Waals surface area contributed by atoms with E-state index in [9.17, 15) is 9.90 Å². The lowest BCUT2D eigenvalue weighted by Gasteiger charge is -2.13. The Balaban J connectivity index is 2.13. The zero-order valence-electron chi connectivity index (χ0n) is 10.7. The molecule has 0 atom stereocenters. The summed E-state index contributed by atoms with van der Waals surface area (Å²) in [6, 6.07) is 14.6. The SMILES string of the molecule is O=C(O)C(Cc1cccc(Cl)c1)Cc1cccc(Cl)c1. The third kappa shape index (κ3) is 4.26. The summed E-state index contributed by atoms with van der Waals surface area (Å²) in [5.41, 5.74) is 1.85. The van der Waals surface area contributed by atoms with Gasteiger partial charge in [0.2, 0.25) is 0 Å². The van der Waals surface area contributed by atoms with Crippen LogP contribution in [0.1, 0.15) is 11.1 Å². The minimum absolute atomic E-state index is 0.447. The van der Waals surface area contributed by atoms with Crippen LogP contribution in [0.2, 0.25) is 10.0 Å². The number of hydrogen-bond donors (Lipinski definition) is 1. The van der Waals surface area contributed by atoms with E-state index in [0.717, 1.165) is 11.1 Å². The van der Waals surface area contributed by atoms with Crippen molar-refractivity contribution in [3.8, 4) is 0 Å². The summed E-state index contributed by atoms with van der Waals surface area (Å²) >= 11 is 11.8. The molecule has 20 heavy (non-hydrogen) atoms. The van der Waals surface area contributed by atoms with Gasteiger partial charge in [0.05, 0.1) is 5.92 Å². The van der Waals surface area contributed by atoms with Crippen molar-refractivity contribution >= 4 is 29.2 Å². The first-order valence-corrected chi connectivity index (χ1v) is 7.02. The Labute approximate surface area is 128 Å². The number of rotatable bonds is 5. The van der Waals surface area contributed by atoms with Crippen LogP contribution in [-0.2, 0) is 17.6 Å². The van der Waals surface area contributed by atoms with Crippen molar-refractivity contribution in [3.05, 3.63) is 69.7 Å². The summed E-state index contributed by atoms with van der Waals surface area (Å²) in [5.74, 6) is -1.31. The number of carboxylic acids is 1. The van der Waals surface area contributed by atoms with Crippen molar-refractivity contribution in [1.29, 1.82) is 0 Å². The monoisotopic (exact) mass is 308 g/mol. The molecule has 0 heterocycles. The van der Waals surface area contributed by atoms with Gasteiger partial charge in [0.25, 0.3) is 0 Å². The highest BCUT2D eigenvalue weighted by Crippen LogP contribution is 2.20. The smallest absolute Gasteiger partial charge is 0.307 e. The molecule has 104 valence electrons. The van der Waals surface area contributed by atoms with E-state index in [1.165, 1.54) is 0 Å². The topological polar surface area (TPSA) is 37.3 Å². The molecule has 0 aliphatic rings. The molecular weight excluding hydrogens is 295 g/mol. The quantitative estimate of drug-likeness (QED) is 0.884. The Bertz CT molecular complexity index is 563. The molecular formula is C16H14Cl2O2. The zero-order valence-corrected chi connectivity index (χ0v) is 12.2. The molecule has 2 nitrogen and oxygen atoms in total. The lowest BCUT2D eigenvalue weighted by atomic mass is 9.93. The highest BCUT2D eigenvalue weighted by molar-refractivity contribution is 6.30. The largest absolute Gasteiger partial charge is 0.481 e. The van der Waals surface area contributed by atoms with Gasteiger partial charge < -0.3 is 5.11 Å². The third-order valence-corrected chi connectivity index (χ3v) is 3.56. The molecule has 0 radical (unpaired) electrons. The van der Waals surface area contributed by atoms with E-state index < -0.39 is 11.9 Å². The standard InChI is InChI=1S/C16H14Cl2O2/c17-14-5-1-3-11(9-14)7-13(16(19)20)8-12-4-2-6-15(18)10-12/h1-6,9-10,13H,7-8H2,(H,19,20). The molecule has 1 N–H and O–H groups in total.